The van der Waals surface area contributed by atoms with E-state index in [1.807, 2.05) is 0 Å². The van der Waals surface area contributed by atoms with Crippen molar-refractivity contribution in [3.05, 3.63) is 52.1 Å². The Bertz CT molecular complexity index is 1210. The average molecular weight is 422 g/mol. The van der Waals surface area contributed by atoms with Gasteiger partial charge in [-0.25, -0.2) is 4.39 Å². The Morgan fingerprint density at radius 3 is 2.42 bits per heavy atom. The molecule has 9 heteroatoms. The molecule has 0 unspecified atom stereocenters. The molecule has 1 aliphatic heterocycles. The molecule has 158 valence electrons. The number of Topliss-reactive ketones (excluding diaryl/α,β-unsaturated/α-hetero) is 1. The quantitative estimate of drug-likeness (QED) is 0.444. The molecule has 1 aromatic heterocycles. The van der Waals surface area contributed by atoms with Crippen molar-refractivity contribution in [2.24, 2.45) is 12.8 Å². The van der Waals surface area contributed by atoms with Gasteiger partial charge in [-0.05, 0) is 37.6 Å². The molecule has 0 atom stereocenters. The number of amides is 2. The summed E-state index contributed by atoms with van der Waals surface area (Å²) < 4.78 is 20.5. The lowest BCUT2D eigenvalue weighted by molar-refractivity contribution is -0.119. The highest BCUT2D eigenvalue weighted by atomic mass is 19.1. The van der Waals surface area contributed by atoms with Crippen LogP contribution < -0.4 is 10.6 Å². The third-order valence-corrected chi connectivity index (χ3v) is 5.50. The van der Waals surface area contributed by atoms with E-state index >= 15 is 0 Å². The number of halogens is 1. The maximum absolute atomic E-state index is 13.9. The van der Waals surface area contributed by atoms with Gasteiger partial charge in [0.15, 0.2) is 5.54 Å². The first-order chi connectivity index (χ1) is 14.6. The van der Waals surface area contributed by atoms with Crippen LogP contribution in [0.15, 0.2) is 18.2 Å². The van der Waals surface area contributed by atoms with Crippen LogP contribution in [0.25, 0.3) is 0 Å². The molecule has 3 rings (SSSR count). The van der Waals surface area contributed by atoms with Crippen LogP contribution in [-0.2, 0) is 16.6 Å². The topological polar surface area (TPSA) is 118 Å². The van der Waals surface area contributed by atoms with Crippen LogP contribution in [-0.4, -0.2) is 40.9 Å². The lowest BCUT2D eigenvalue weighted by atomic mass is 9.93. The summed E-state index contributed by atoms with van der Waals surface area (Å²) in [5.41, 5.74) is 4.69. The van der Waals surface area contributed by atoms with E-state index in [0.717, 1.165) is 17.0 Å². The first-order valence-electron chi connectivity index (χ1n) is 9.19. The number of benzene rings is 1. The number of carbonyl (C=O) groups excluding carboxylic acids is 3. The van der Waals surface area contributed by atoms with E-state index in [9.17, 15) is 18.8 Å². The van der Waals surface area contributed by atoms with Crippen molar-refractivity contribution < 1.29 is 23.5 Å². The molecule has 2 heterocycles. The van der Waals surface area contributed by atoms with E-state index in [2.05, 4.69) is 5.92 Å². The predicted octanol–water partition coefficient (Wildman–Crippen LogP) is 1.37. The SMILES string of the molecule is C#CC1(N(C(=O)C(=O)c2c(C)c(C(N)=O)n(C)c2C)c2ccc(F)c(C#N)c2)COC1. The van der Waals surface area contributed by atoms with Gasteiger partial charge in [-0.1, -0.05) is 5.92 Å². The summed E-state index contributed by atoms with van der Waals surface area (Å²) in [6, 6.07) is 5.13. The molecule has 1 aromatic carbocycles. The molecule has 8 nitrogen and oxygen atoms in total. The molecule has 1 aliphatic rings. The molecular formula is C22H19FN4O4. The number of hydrogen-bond acceptors (Lipinski definition) is 5. The van der Waals surface area contributed by atoms with Gasteiger partial charge in [0.1, 0.15) is 17.6 Å². The number of ether oxygens (including phenoxy) is 1. The van der Waals surface area contributed by atoms with Crippen LogP contribution in [0.1, 0.15) is 37.7 Å². The Hall–Kier alpha value is -3.95. The minimum atomic E-state index is -1.28. The van der Waals surface area contributed by atoms with Gasteiger partial charge in [0, 0.05) is 18.4 Å². The highest BCUT2D eigenvalue weighted by molar-refractivity contribution is 6.48. The lowest BCUT2D eigenvalue weighted by Crippen LogP contribution is -2.65. The zero-order chi connectivity index (χ0) is 23.1. The number of anilines is 1. The molecule has 0 radical (unpaired) electrons. The zero-order valence-electron chi connectivity index (χ0n) is 17.2. The monoisotopic (exact) mass is 422 g/mol. The number of ketones is 1. The summed E-state index contributed by atoms with van der Waals surface area (Å²) in [5, 5.41) is 9.17. The molecule has 31 heavy (non-hydrogen) atoms. The van der Waals surface area contributed by atoms with Gasteiger partial charge in [0.25, 0.3) is 11.7 Å². The van der Waals surface area contributed by atoms with Crippen molar-refractivity contribution in [1.82, 2.24) is 4.57 Å². The predicted molar refractivity (Wildman–Crippen MR) is 109 cm³/mol. The molecule has 1 fully saturated rings. The van der Waals surface area contributed by atoms with Crippen molar-refractivity contribution >= 4 is 23.3 Å². The summed E-state index contributed by atoms with van der Waals surface area (Å²) in [4.78, 5) is 39.6. The van der Waals surface area contributed by atoms with E-state index in [1.165, 1.54) is 17.6 Å². The van der Waals surface area contributed by atoms with Crippen LogP contribution in [0.2, 0.25) is 0 Å². The second-order valence-electron chi connectivity index (χ2n) is 7.27. The van der Waals surface area contributed by atoms with Gasteiger partial charge in [0.05, 0.1) is 24.3 Å². The second-order valence-corrected chi connectivity index (χ2v) is 7.27. The van der Waals surface area contributed by atoms with Crippen LogP contribution >= 0.6 is 0 Å². The Labute approximate surface area is 178 Å². The van der Waals surface area contributed by atoms with E-state index in [-0.39, 0.29) is 41.3 Å². The highest BCUT2D eigenvalue weighted by Gasteiger charge is 2.48. The Morgan fingerprint density at radius 2 is 1.97 bits per heavy atom. The minimum absolute atomic E-state index is 0.0290. The van der Waals surface area contributed by atoms with E-state index < -0.39 is 29.0 Å². The number of nitrogens with two attached hydrogens (primary N) is 1. The first-order valence-corrected chi connectivity index (χ1v) is 9.19. The summed E-state index contributed by atoms with van der Waals surface area (Å²) in [6.07, 6.45) is 5.67. The summed E-state index contributed by atoms with van der Waals surface area (Å²) in [7, 11) is 1.56. The number of rotatable bonds is 5. The third kappa shape index (κ3) is 3.25. The van der Waals surface area contributed by atoms with E-state index in [4.69, 9.17) is 22.2 Å². The van der Waals surface area contributed by atoms with Crippen LogP contribution in [0, 0.1) is 43.3 Å². The maximum atomic E-state index is 13.9. The van der Waals surface area contributed by atoms with Crippen molar-refractivity contribution in [1.29, 1.82) is 5.26 Å². The molecule has 0 saturated carbocycles. The number of aromatic nitrogens is 1. The first kappa shape index (κ1) is 21.8. The summed E-state index contributed by atoms with van der Waals surface area (Å²) >= 11 is 0. The Kier molecular flexibility index (Phi) is 5.41. The molecule has 0 aliphatic carbocycles. The number of nitrogens with zero attached hydrogens (tertiary/aromatic N) is 3. The average Bonchev–Trinajstić information content (AvgIpc) is 2.92. The fourth-order valence-electron chi connectivity index (χ4n) is 3.74. The number of hydrogen-bond donors (Lipinski definition) is 1. The minimum Gasteiger partial charge on any atom is -0.374 e. The van der Waals surface area contributed by atoms with Crippen molar-refractivity contribution in [2.45, 2.75) is 19.4 Å². The molecule has 2 amide bonds. The van der Waals surface area contributed by atoms with Crippen LogP contribution in [0.5, 0.6) is 0 Å². The Morgan fingerprint density at radius 1 is 1.32 bits per heavy atom. The fourth-order valence-corrected chi connectivity index (χ4v) is 3.74. The van der Waals surface area contributed by atoms with Gasteiger partial charge in [0.2, 0.25) is 0 Å². The third-order valence-electron chi connectivity index (χ3n) is 5.50. The number of nitriles is 1. The summed E-state index contributed by atoms with van der Waals surface area (Å²) in [6.45, 7) is 3.02. The summed E-state index contributed by atoms with van der Waals surface area (Å²) in [5.74, 6) is -0.934. The van der Waals surface area contributed by atoms with Crippen LogP contribution in [0.3, 0.4) is 0 Å². The zero-order valence-corrected chi connectivity index (χ0v) is 17.2. The van der Waals surface area contributed by atoms with Crippen molar-refractivity contribution in [3.8, 4) is 18.4 Å². The lowest BCUT2D eigenvalue weighted by Gasteiger charge is -2.45. The standard InChI is InChI=1S/C22H19FN4O4/c1-5-22(10-31-11-22)27(15-6-7-16(23)14(8-15)9-24)21(30)19(28)17-12(2)18(20(25)29)26(4)13(17)3/h1,6-8H,10-11H2,2-4H3,(H2,25,29). The largest absolute Gasteiger partial charge is 0.374 e. The van der Waals surface area contributed by atoms with E-state index in [0.29, 0.717) is 5.69 Å². The van der Waals surface area contributed by atoms with Gasteiger partial charge in [-0.3, -0.25) is 19.3 Å². The normalized spacial score (nSPS) is 14.1. The molecular weight excluding hydrogens is 403 g/mol. The molecule has 0 bridgehead atoms. The second kappa shape index (κ2) is 7.71. The van der Waals surface area contributed by atoms with Crippen LogP contribution in [0.4, 0.5) is 10.1 Å². The maximum Gasteiger partial charge on any atom is 0.300 e. The number of carbonyl (C=O) groups is 3. The number of terminal acetylenes is 1. The fraction of sp³-hybridized carbons (Fsp3) is 0.273. The molecule has 1 saturated heterocycles. The molecule has 2 aromatic rings. The van der Waals surface area contributed by atoms with Crippen molar-refractivity contribution in [2.75, 3.05) is 18.1 Å². The van der Waals surface area contributed by atoms with Gasteiger partial charge in [-0.2, -0.15) is 5.26 Å². The molecule has 0 spiro atoms. The Balaban J connectivity index is 2.16. The number of primary amides is 1. The molecule has 2 N–H and O–H groups in total. The smallest absolute Gasteiger partial charge is 0.300 e. The van der Waals surface area contributed by atoms with E-state index in [1.54, 1.807) is 20.0 Å². The van der Waals surface area contributed by atoms with Gasteiger partial charge >= 0.3 is 5.91 Å². The van der Waals surface area contributed by atoms with Gasteiger partial charge < -0.3 is 15.0 Å². The highest BCUT2D eigenvalue weighted by Crippen LogP contribution is 2.33. The van der Waals surface area contributed by atoms with Crippen molar-refractivity contribution in [3.63, 3.8) is 0 Å². The van der Waals surface area contributed by atoms with Gasteiger partial charge in [-0.15, -0.1) is 6.42 Å².